The van der Waals surface area contributed by atoms with Gasteiger partial charge in [0.05, 0.1) is 0 Å². The molecule has 98 valence electrons. The molecule has 1 heterocycles. The van der Waals surface area contributed by atoms with Crippen LogP contribution in [0.4, 0.5) is 11.4 Å². The van der Waals surface area contributed by atoms with E-state index in [1.54, 1.807) is 12.1 Å². The topological polar surface area (TPSA) is 80.9 Å². The van der Waals surface area contributed by atoms with Crippen molar-refractivity contribution in [1.29, 1.82) is 0 Å². The third-order valence-electron chi connectivity index (χ3n) is 2.25. The van der Waals surface area contributed by atoms with Gasteiger partial charge in [-0.2, -0.15) is 0 Å². The Bertz CT molecular complexity index is 630. The number of benzene rings is 1. The maximum atomic E-state index is 12.0. The summed E-state index contributed by atoms with van der Waals surface area (Å²) < 4.78 is 0.711. The third-order valence-corrected chi connectivity index (χ3v) is 3.55. The SMILES string of the molecule is Nc1cc(C(=O)Nc2c(Cl)ncnc2Cl)ccc1Br. The zero-order valence-corrected chi connectivity index (χ0v) is 12.4. The molecule has 2 aromatic rings. The summed E-state index contributed by atoms with van der Waals surface area (Å²) >= 11 is 14.9. The molecule has 0 aliphatic rings. The summed E-state index contributed by atoms with van der Waals surface area (Å²) in [4.78, 5) is 19.5. The molecule has 0 radical (unpaired) electrons. The summed E-state index contributed by atoms with van der Waals surface area (Å²) in [6, 6.07) is 4.82. The summed E-state index contributed by atoms with van der Waals surface area (Å²) in [6.07, 6.45) is 1.21. The van der Waals surface area contributed by atoms with Crippen LogP contribution < -0.4 is 11.1 Å². The lowest BCUT2D eigenvalue weighted by Gasteiger charge is -2.08. The summed E-state index contributed by atoms with van der Waals surface area (Å²) in [5.74, 6) is -0.405. The second-order valence-corrected chi connectivity index (χ2v) is 5.09. The van der Waals surface area contributed by atoms with Gasteiger partial charge in [0.25, 0.3) is 5.91 Å². The number of nitrogens with zero attached hydrogens (tertiary/aromatic N) is 2. The number of carbonyl (C=O) groups excluding carboxylic acids is 1. The number of hydrogen-bond acceptors (Lipinski definition) is 4. The molecule has 19 heavy (non-hydrogen) atoms. The molecule has 0 unspecified atom stereocenters. The molecule has 0 saturated carbocycles. The first-order chi connectivity index (χ1) is 8.99. The van der Waals surface area contributed by atoms with E-state index in [2.05, 4.69) is 31.2 Å². The zero-order chi connectivity index (χ0) is 14.0. The van der Waals surface area contributed by atoms with Crippen LogP contribution in [-0.4, -0.2) is 15.9 Å². The van der Waals surface area contributed by atoms with Crippen LogP contribution >= 0.6 is 39.1 Å². The van der Waals surface area contributed by atoms with E-state index in [-0.39, 0.29) is 16.0 Å². The average Bonchev–Trinajstić information content (AvgIpc) is 2.37. The molecule has 0 fully saturated rings. The van der Waals surface area contributed by atoms with Crippen molar-refractivity contribution in [3.63, 3.8) is 0 Å². The highest BCUT2D eigenvalue weighted by Gasteiger charge is 2.13. The summed E-state index contributed by atoms with van der Waals surface area (Å²) in [6.45, 7) is 0. The number of hydrogen-bond donors (Lipinski definition) is 2. The molecule has 0 aliphatic heterocycles. The van der Waals surface area contributed by atoms with Crippen molar-refractivity contribution in [2.45, 2.75) is 0 Å². The number of anilines is 2. The highest BCUT2D eigenvalue weighted by atomic mass is 79.9. The zero-order valence-electron chi connectivity index (χ0n) is 9.32. The van der Waals surface area contributed by atoms with Gasteiger partial charge in [-0.05, 0) is 34.1 Å². The molecular weight excluding hydrogens is 355 g/mol. The van der Waals surface area contributed by atoms with E-state index in [1.807, 2.05) is 0 Å². The lowest BCUT2D eigenvalue weighted by atomic mass is 10.2. The van der Waals surface area contributed by atoms with Crippen LogP contribution in [0.1, 0.15) is 10.4 Å². The Morgan fingerprint density at radius 1 is 1.26 bits per heavy atom. The molecule has 2 rings (SSSR count). The molecule has 0 bridgehead atoms. The van der Waals surface area contributed by atoms with Gasteiger partial charge in [-0.1, -0.05) is 23.2 Å². The van der Waals surface area contributed by atoms with Gasteiger partial charge < -0.3 is 11.1 Å². The molecule has 5 nitrogen and oxygen atoms in total. The average molecular weight is 362 g/mol. The predicted octanol–water partition coefficient (Wildman–Crippen LogP) is 3.38. The van der Waals surface area contributed by atoms with E-state index in [9.17, 15) is 4.79 Å². The Balaban J connectivity index is 2.28. The Morgan fingerprint density at radius 2 is 1.89 bits per heavy atom. The van der Waals surface area contributed by atoms with Gasteiger partial charge in [-0.25, -0.2) is 9.97 Å². The van der Waals surface area contributed by atoms with Gasteiger partial charge >= 0.3 is 0 Å². The maximum absolute atomic E-state index is 12.0. The van der Waals surface area contributed by atoms with Crippen LogP contribution in [0.5, 0.6) is 0 Å². The van der Waals surface area contributed by atoms with Crippen LogP contribution in [0.25, 0.3) is 0 Å². The summed E-state index contributed by atoms with van der Waals surface area (Å²) in [5, 5.41) is 2.68. The third kappa shape index (κ3) is 3.15. The standard InChI is InChI=1S/C11H7BrCl2N4O/c12-6-2-1-5(3-7(6)15)11(19)18-8-9(13)16-4-17-10(8)14/h1-4H,15H2,(H,18,19). The fraction of sp³-hybridized carbons (Fsp3) is 0. The first-order valence-electron chi connectivity index (χ1n) is 5.01. The van der Waals surface area contributed by atoms with Crippen molar-refractivity contribution in [2.75, 3.05) is 11.1 Å². The molecule has 1 aromatic carbocycles. The van der Waals surface area contributed by atoms with Gasteiger partial charge in [0, 0.05) is 15.7 Å². The molecule has 0 aliphatic carbocycles. The van der Waals surface area contributed by atoms with E-state index in [0.717, 1.165) is 0 Å². The van der Waals surface area contributed by atoms with Gasteiger partial charge in [-0.3, -0.25) is 4.79 Å². The summed E-state index contributed by atoms with van der Waals surface area (Å²) in [7, 11) is 0. The van der Waals surface area contributed by atoms with Crippen LogP contribution in [0.15, 0.2) is 29.0 Å². The number of nitrogen functional groups attached to an aromatic ring is 1. The molecule has 8 heteroatoms. The number of nitrogens with one attached hydrogen (secondary N) is 1. The molecule has 0 spiro atoms. The van der Waals surface area contributed by atoms with E-state index < -0.39 is 5.91 Å². The van der Waals surface area contributed by atoms with Crippen molar-refractivity contribution in [2.24, 2.45) is 0 Å². The van der Waals surface area contributed by atoms with E-state index in [1.165, 1.54) is 12.4 Å². The van der Waals surface area contributed by atoms with Crippen LogP contribution in [-0.2, 0) is 0 Å². The van der Waals surface area contributed by atoms with E-state index in [4.69, 9.17) is 28.9 Å². The number of halogens is 3. The Morgan fingerprint density at radius 3 is 2.47 bits per heavy atom. The first kappa shape index (κ1) is 14.0. The molecule has 0 atom stereocenters. The fourth-order valence-corrected chi connectivity index (χ4v) is 1.97. The number of aromatic nitrogens is 2. The van der Waals surface area contributed by atoms with Crippen LogP contribution in [0, 0.1) is 0 Å². The maximum Gasteiger partial charge on any atom is 0.255 e. The quantitative estimate of drug-likeness (QED) is 0.634. The highest BCUT2D eigenvalue weighted by molar-refractivity contribution is 9.10. The first-order valence-corrected chi connectivity index (χ1v) is 6.56. The molecular formula is C11H7BrCl2N4O. The minimum atomic E-state index is -0.405. The molecule has 1 amide bonds. The van der Waals surface area contributed by atoms with Crippen LogP contribution in [0.3, 0.4) is 0 Å². The summed E-state index contributed by atoms with van der Waals surface area (Å²) in [5.41, 5.74) is 6.70. The number of nitrogens with two attached hydrogens (primary N) is 1. The van der Waals surface area contributed by atoms with Crippen molar-refractivity contribution >= 4 is 56.4 Å². The monoisotopic (exact) mass is 360 g/mol. The number of carbonyl (C=O) groups is 1. The largest absolute Gasteiger partial charge is 0.398 e. The predicted molar refractivity (Wildman–Crippen MR) is 78.6 cm³/mol. The normalized spacial score (nSPS) is 10.3. The van der Waals surface area contributed by atoms with Crippen LogP contribution in [0.2, 0.25) is 10.3 Å². The van der Waals surface area contributed by atoms with Gasteiger partial charge in [0.2, 0.25) is 0 Å². The second-order valence-electron chi connectivity index (χ2n) is 3.52. The Labute approximate surface area is 127 Å². The van der Waals surface area contributed by atoms with E-state index in [0.29, 0.717) is 15.7 Å². The van der Waals surface area contributed by atoms with Crippen molar-refractivity contribution < 1.29 is 4.79 Å². The second kappa shape index (κ2) is 5.73. The Hall–Kier alpha value is -1.37. The van der Waals surface area contributed by atoms with Gasteiger partial charge in [0.15, 0.2) is 10.3 Å². The van der Waals surface area contributed by atoms with Crippen molar-refractivity contribution in [1.82, 2.24) is 9.97 Å². The minimum absolute atomic E-state index is 0.0680. The smallest absolute Gasteiger partial charge is 0.255 e. The highest BCUT2D eigenvalue weighted by Crippen LogP contribution is 2.27. The molecule has 1 aromatic heterocycles. The minimum Gasteiger partial charge on any atom is -0.398 e. The van der Waals surface area contributed by atoms with E-state index >= 15 is 0 Å². The number of amides is 1. The molecule has 0 saturated heterocycles. The van der Waals surface area contributed by atoms with Gasteiger partial charge in [0.1, 0.15) is 12.0 Å². The van der Waals surface area contributed by atoms with Gasteiger partial charge in [-0.15, -0.1) is 0 Å². The van der Waals surface area contributed by atoms with Crippen molar-refractivity contribution in [3.8, 4) is 0 Å². The Kier molecular flexibility index (Phi) is 4.24. The number of rotatable bonds is 2. The van der Waals surface area contributed by atoms with Crippen molar-refractivity contribution in [3.05, 3.63) is 44.9 Å². The fourth-order valence-electron chi connectivity index (χ4n) is 1.32. The molecule has 3 N–H and O–H groups in total. The lowest BCUT2D eigenvalue weighted by Crippen LogP contribution is -2.13. The lowest BCUT2D eigenvalue weighted by molar-refractivity contribution is 0.102.